The smallest absolute Gasteiger partial charge is 0.145 e. The van der Waals surface area contributed by atoms with E-state index in [1.165, 1.54) is 54.4 Å². The van der Waals surface area contributed by atoms with E-state index in [4.69, 9.17) is 9.40 Å². The van der Waals surface area contributed by atoms with Gasteiger partial charge in [-0.3, -0.25) is 4.98 Å². The van der Waals surface area contributed by atoms with Crippen LogP contribution in [-0.4, -0.2) is 9.38 Å². The molecule has 4 aromatic heterocycles. The van der Waals surface area contributed by atoms with Crippen molar-refractivity contribution in [2.75, 3.05) is 0 Å². The Hall–Kier alpha value is -4.37. The number of fused-ring (bicyclic) bond motifs is 10. The third-order valence-corrected chi connectivity index (χ3v) is 7.68. The molecule has 0 radical (unpaired) electrons. The summed E-state index contributed by atoms with van der Waals surface area (Å²) in [5.41, 5.74) is 9.31. The van der Waals surface area contributed by atoms with Gasteiger partial charge < -0.3 is 8.82 Å². The summed E-state index contributed by atoms with van der Waals surface area (Å²) in [4.78, 5) is 4.74. The first-order valence-electron chi connectivity index (χ1n) is 12.9. The van der Waals surface area contributed by atoms with Crippen LogP contribution in [0.2, 0.25) is 0 Å². The zero-order valence-corrected chi connectivity index (χ0v) is 21.2. The Balaban J connectivity index is 1.41. The van der Waals surface area contributed by atoms with E-state index in [2.05, 4.69) is 104 Å². The summed E-state index contributed by atoms with van der Waals surface area (Å²) < 4.78 is 8.85. The van der Waals surface area contributed by atoms with E-state index in [0.717, 1.165) is 28.8 Å². The Morgan fingerprint density at radius 3 is 2.43 bits per heavy atom. The fraction of sp³-hybridized carbons (Fsp3) is 0.147. The second-order valence-corrected chi connectivity index (χ2v) is 11.5. The quantitative estimate of drug-likeness (QED) is 0.248. The molecular formula is C34H26N2O. The normalized spacial score (nSPS) is 12.8. The molecule has 178 valence electrons. The van der Waals surface area contributed by atoms with Crippen LogP contribution in [0.3, 0.4) is 0 Å². The first-order valence-corrected chi connectivity index (χ1v) is 12.9. The molecule has 0 aliphatic carbocycles. The third-order valence-electron chi connectivity index (χ3n) is 7.68. The van der Waals surface area contributed by atoms with Crippen molar-refractivity contribution >= 4 is 60.0 Å². The fourth-order valence-corrected chi connectivity index (χ4v) is 6.26. The van der Waals surface area contributed by atoms with Crippen molar-refractivity contribution < 1.29 is 4.42 Å². The third kappa shape index (κ3) is 2.91. The standard InChI is InChI=1S/C34H26N2O/c1-34(2,3)19-20-15-16-35-27(17-20)21-11-13-28-26(18-21)23-8-6-9-25-31-29(36(28)32(23)25)14-12-24-22-7-4-5-10-30(22)37-33(24)31/h4-18H,19H2,1-3H3. The lowest BCUT2D eigenvalue weighted by Crippen LogP contribution is -2.09. The predicted molar refractivity (Wildman–Crippen MR) is 155 cm³/mol. The van der Waals surface area contributed by atoms with E-state index in [1.807, 2.05) is 12.3 Å². The van der Waals surface area contributed by atoms with Crippen LogP contribution in [0.15, 0.2) is 95.5 Å². The number of nitrogens with zero attached hydrogens (tertiary/aromatic N) is 2. The summed E-state index contributed by atoms with van der Waals surface area (Å²) in [7, 11) is 0. The van der Waals surface area contributed by atoms with Crippen LogP contribution in [0.1, 0.15) is 26.3 Å². The van der Waals surface area contributed by atoms with Crippen LogP contribution < -0.4 is 0 Å². The molecule has 8 aromatic rings. The van der Waals surface area contributed by atoms with Crippen molar-refractivity contribution in [1.82, 2.24) is 9.38 Å². The topological polar surface area (TPSA) is 30.4 Å². The molecule has 0 unspecified atom stereocenters. The minimum Gasteiger partial charge on any atom is -0.455 e. The summed E-state index contributed by atoms with van der Waals surface area (Å²) in [6.07, 6.45) is 2.97. The van der Waals surface area contributed by atoms with Crippen molar-refractivity contribution in [1.29, 1.82) is 0 Å². The van der Waals surface area contributed by atoms with Gasteiger partial charge in [-0.15, -0.1) is 0 Å². The van der Waals surface area contributed by atoms with Crippen LogP contribution in [0.4, 0.5) is 0 Å². The van der Waals surface area contributed by atoms with Gasteiger partial charge in [-0.25, -0.2) is 0 Å². The molecule has 0 aliphatic rings. The average molecular weight is 479 g/mol. The summed E-state index contributed by atoms with van der Waals surface area (Å²) in [6.45, 7) is 6.84. The Bertz CT molecular complexity index is 2150. The molecule has 4 aromatic carbocycles. The van der Waals surface area contributed by atoms with Crippen LogP contribution in [0.25, 0.3) is 71.3 Å². The van der Waals surface area contributed by atoms with E-state index in [1.54, 1.807) is 0 Å². The molecule has 0 N–H and O–H groups in total. The van der Waals surface area contributed by atoms with Gasteiger partial charge in [-0.05, 0) is 59.9 Å². The maximum atomic E-state index is 6.44. The molecule has 0 saturated heterocycles. The second-order valence-electron chi connectivity index (χ2n) is 11.5. The minimum atomic E-state index is 0.238. The first kappa shape index (κ1) is 20.8. The Morgan fingerprint density at radius 1 is 0.730 bits per heavy atom. The minimum absolute atomic E-state index is 0.238. The summed E-state index contributed by atoms with van der Waals surface area (Å²) in [5, 5.41) is 7.29. The Morgan fingerprint density at radius 2 is 1.54 bits per heavy atom. The second kappa shape index (κ2) is 7.10. The van der Waals surface area contributed by atoms with E-state index in [-0.39, 0.29) is 5.41 Å². The number of furan rings is 1. The molecule has 0 atom stereocenters. The van der Waals surface area contributed by atoms with E-state index in [9.17, 15) is 0 Å². The predicted octanol–water partition coefficient (Wildman–Crippen LogP) is 9.39. The molecule has 37 heavy (non-hydrogen) atoms. The Kier molecular flexibility index (Phi) is 3.99. The van der Waals surface area contributed by atoms with Crippen molar-refractivity contribution in [3.8, 4) is 11.3 Å². The molecule has 0 aliphatic heterocycles. The van der Waals surface area contributed by atoms with Crippen LogP contribution in [0.5, 0.6) is 0 Å². The number of hydrogen-bond donors (Lipinski definition) is 0. The average Bonchev–Trinajstić information content (AvgIpc) is 3.54. The molecule has 3 heteroatoms. The Labute approximate surface area is 214 Å². The van der Waals surface area contributed by atoms with Crippen molar-refractivity contribution in [2.45, 2.75) is 27.2 Å². The van der Waals surface area contributed by atoms with Gasteiger partial charge >= 0.3 is 0 Å². The highest BCUT2D eigenvalue weighted by Crippen LogP contribution is 2.44. The van der Waals surface area contributed by atoms with E-state index in [0.29, 0.717) is 0 Å². The largest absolute Gasteiger partial charge is 0.455 e. The summed E-state index contributed by atoms with van der Waals surface area (Å²) in [5.74, 6) is 0. The van der Waals surface area contributed by atoms with Gasteiger partial charge in [0.25, 0.3) is 0 Å². The number of para-hydroxylation sites is 2. The summed E-state index contributed by atoms with van der Waals surface area (Å²) in [6, 6.07) is 30.6. The molecule has 0 saturated carbocycles. The van der Waals surface area contributed by atoms with Crippen LogP contribution in [-0.2, 0) is 6.42 Å². The monoisotopic (exact) mass is 478 g/mol. The number of hydrogen-bond acceptors (Lipinski definition) is 2. The molecule has 0 amide bonds. The molecule has 3 nitrogen and oxygen atoms in total. The van der Waals surface area contributed by atoms with Crippen molar-refractivity contribution in [3.05, 3.63) is 96.7 Å². The highest BCUT2D eigenvalue weighted by molar-refractivity contribution is 6.29. The SMILES string of the molecule is CC(C)(C)Cc1ccnc(-c2ccc3c(c2)c2cccc4c5c6oc7ccccc7c6ccc5n3c24)c1. The molecule has 0 spiro atoms. The lowest BCUT2D eigenvalue weighted by Gasteiger charge is -2.18. The van der Waals surface area contributed by atoms with Gasteiger partial charge in [0, 0.05) is 38.7 Å². The highest BCUT2D eigenvalue weighted by Gasteiger charge is 2.21. The number of rotatable bonds is 2. The van der Waals surface area contributed by atoms with Gasteiger partial charge in [-0.1, -0.05) is 63.2 Å². The fourth-order valence-electron chi connectivity index (χ4n) is 6.26. The lowest BCUT2D eigenvalue weighted by molar-refractivity contribution is 0.411. The van der Waals surface area contributed by atoms with Gasteiger partial charge in [0.15, 0.2) is 0 Å². The van der Waals surface area contributed by atoms with Crippen molar-refractivity contribution in [2.24, 2.45) is 5.41 Å². The first-order chi connectivity index (χ1) is 18.0. The molecular weight excluding hydrogens is 452 g/mol. The van der Waals surface area contributed by atoms with Crippen LogP contribution in [0, 0.1) is 5.41 Å². The molecule has 0 fully saturated rings. The maximum absolute atomic E-state index is 6.44. The number of aromatic nitrogens is 2. The van der Waals surface area contributed by atoms with Crippen molar-refractivity contribution in [3.63, 3.8) is 0 Å². The number of pyridine rings is 1. The highest BCUT2D eigenvalue weighted by atomic mass is 16.3. The summed E-state index contributed by atoms with van der Waals surface area (Å²) >= 11 is 0. The maximum Gasteiger partial charge on any atom is 0.145 e. The molecule has 4 heterocycles. The molecule has 8 rings (SSSR count). The molecule has 0 bridgehead atoms. The lowest BCUT2D eigenvalue weighted by atomic mass is 9.88. The van der Waals surface area contributed by atoms with Gasteiger partial charge in [-0.2, -0.15) is 0 Å². The van der Waals surface area contributed by atoms with Gasteiger partial charge in [0.2, 0.25) is 0 Å². The van der Waals surface area contributed by atoms with E-state index < -0.39 is 0 Å². The number of benzene rings is 4. The zero-order valence-electron chi connectivity index (χ0n) is 21.2. The van der Waals surface area contributed by atoms with Gasteiger partial charge in [0.05, 0.1) is 27.6 Å². The van der Waals surface area contributed by atoms with Gasteiger partial charge in [0.1, 0.15) is 11.2 Å². The van der Waals surface area contributed by atoms with Crippen LogP contribution >= 0.6 is 0 Å². The zero-order chi connectivity index (χ0) is 24.9. The van der Waals surface area contributed by atoms with E-state index >= 15 is 0 Å².